The number of anilines is 2. The summed E-state index contributed by atoms with van der Waals surface area (Å²) in [5, 5.41) is 4.30. The number of hydrogen-bond donors (Lipinski definition) is 1. The summed E-state index contributed by atoms with van der Waals surface area (Å²) in [5.41, 5.74) is 2.98. The van der Waals surface area contributed by atoms with Gasteiger partial charge in [-0.25, -0.2) is 15.0 Å². The van der Waals surface area contributed by atoms with Gasteiger partial charge in [0.05, 0.1) is 13.1 Å². The molecule has 0 aliphatic carbocycles. The van der Waals surface area contributed by atoms with Crippen LogP contribution in [0.2, 0.25) is 0 Å². The Morgan fingerprint density at radius 1 is 0.939 bits per heavy atom. The van der Waals surface area contributed by atoms with Crippen LogP contribution in [0.5, 0.6) is 0 Å². The Bertz CT molecular complexity index is 1060. The standard InChI is InChI=1S/C23H29N7OS2/c31-33-15-12-29(13-16-33)21-19-20(27-23(28-21)30-10-8-24-9-11-30)22(26-17-25-19)32-14-4-7-18-5-2-1-3-6-18/h1-3,5-6,17,24H,4,7-16H2. The van der Waals surface area contributed by atoms with Crippen molar-refractivity contribution < 1.29 is 4.55 Å². The molecule has 1 aromatic carbocycles. The van der Waals surface area contributed by atoms with Crippen molar-refractivity contribution in [2.24, 2.45) is 0 Å². The van der Waals surface area contributed by atoms with Gasteiger partial charge in [0.2, 0.25) is 5.95 Å². The Balaban J connectivity index is 1.42. The van der Waals surface area contributed by atoms with Gasteiger partial charge in [0.15, 0.2) is 5.82 Å². The summed E-state index contributed by atoms with van der Waals surface area (Å²) in [4.78, 5) is 23.6. The minimum absolute atomic E-state index is 0.667. The van der Waals surface area contributed by atoms with E-state index < -0.39 is 11.2 Å². The monoisotopic (exact) mass is 483 g/mol. The zero-order valence-corrected chi connectivity index (χ0v) is 20.3. The normalized spacial score (nSPS) is 17.6. The van der Waals surface area contributed by atoms with Gasteiger partial charge < -0.3 is 19.7 Å². The molecule has 0 atom stereocenters. The number of piperazine rings is 1. The van der Waals surface area contributed by atoms with Crippen LogP contribution in [0.4, 0.5) is 11.8 Å². The third kappa shape index (κ3) is 5.51. The van der Waals surface area contributed by atoms with Gasteiger partial charge in [-0.05, 0) is 24.2 Å². The molecule has 0 amide bonds. The third-order valence-corrected chi connectivity index (χ3v) is 8.33. The summed E-state index contributed by atoms with van der Waals surface area (Å²) < 4.78 is 11.9. The highest BCUT2D eigenvalue weighted by Crippen LogP contribution is 2.31. The second-order valence-electron chi connectivity index (χ2n) is 8.23. The Kier molecular flexibility index (Phi) is 7.45. The van der Waals surface area contributed by atoms with Crippen molar-refractivity contribution in [3.63, 3.8) is 0 Å². The lowest BCUT2D eigenvalue weighted by Gasteiger charge is -2.31. The van der Waals surface area contributed by atoms with E-state index >= 15 is 0 Å². The Labute approximate surface area is 201 Å². The van der Waals surface area contributed by atoms with Gasteiger partial charge >= 0.3 is 0 Å². The fourth-order valence-electron chi connectivity index (χ4n) is 4.17. The average Bonchev–Trinajstić information content (AvgIpc) is 2.88. The van der Waals surface area contributed by atoms with Crippen LogP contribution in [-0.2, 0) is 17.6 Å². The number of aryl methyl sites for hydroxylation is 1. The highest BCUT2D eigenvalue weighted by atomic mass is 32.2. The van der Waals surface area contributed by atoms with Gasteiger partial charge in [-0.1, -0.05) is 41.5 Å². The van der Waals surface area contributed by atoms with Crippen molar-refractivity contribution in [2.45, 2.75) is 17.9 Å². The zero-order chi connectivity index (χ0) is 22.5. The largest absolute Gasteiger partial charge is 0.616 e. The molecule has 3 aromatic rings. The van der Waals surface area contributed by atoms with E-state index in [0.717, 1.165) is 85.7 Å². The molecule has 33 heavy (non-hydrogen) atoms. The number of nitrogens with one attached hydrogen (secondary N) is 1. The number of aromatic nitrogens is 4. The van der Waals surface area contributed by atoms with Gasteiger partial charge in [0.25, 0.3) is 0 Å². The number of fused-ring (bicyclic) bond motifs is 1. The van der Waals surface area contributed by atoms with Crippen LogP contribution in [0.1, 0.15) is 12.0 Å². The molecule has 2 aliphatic rings. The molecule has 2 saturated heterocycles. The maximum absolute atomic E-state index is 11.9. The van der Waals surface area contributed by atoms with Gasteiger partial charge in [-0.2, -0.15) is 4.98 Å². The third-order valence-electron chi connectivity index (χ3n) is 5.99. The lowest BCUT2D eigenvalue weighted by Crippen LogP contribution is -2.45. The molecule has 0 saturated carbocycles. The summed E-state index contributed by atoms with van der Waals surface area (Å²) >= 11 is 0.996. The number of thioether (sulfide) groups is 1. The molecule has 2 aromatic heterocycles. The highest BCUT2D eigenvalue weighted by molar-refractivity contribution is 7.99. The van der Waals surface area contributed by atoms with Crippen LogP contribution in [-0.4, -0.2) is 81.0 Å². The maximum Gasteiger partial charge on any atom is 0.228 e. The van der Waals surface area contributed by atoms with E-state index in [0.29, 0.717) is 11.5 Å². The fourth-order valence-corrected chi connectivity index (χ4v) is 6.11. The van der Waals surface area contributed by atoms with E-state index in [1.165, 1.54) is 5.56 Å². The van der Waals surface area contributed by atoms with Gasteiger partial charge in [-0.15, -0.1) is 11.8 Å². The van der Waals surface area contributed by atoms with Crippen molar-refractivity contribution in [3.8, 4) is 0 Å². The second kappa shape index (κ2) is 10.9. The van der Waals surface area contributed by atoms with Crippen molar-refractivity contribution in [2.75, 3.05) is 66.3 Å². The van der Waals surface area contributed by atoms with E-state index in [1.807, 2.05) is 0 Å². The first-order valence-corrected chi connectivity index (χ1v) is 14.0. The summed E-state index contributed by atoms with van der Waals surface area (Å²) in [5.74, 6) is 3.89. The van der Waals surface area contributed by atoms with Crippen molar-refractivity contribution in [3.05, 3.63) is 42.2 Å². The summed E-state index contributed by atoms with van der Waals surface area (Å²) in [6, 6.07) is 10.6. The van der Waals surface area contributed by atoms with Crippen molar-refractivity contribution in [1.82, 2.24) is 25.3 Å². The van der Waals surface area contributed by atoms with E-state index in [-0.39, 0.29) is 0 Å². The number of hydrogen-bond acceptors (Lipinski definition) is 9. The highest BCUT2D eigenvalue weighted by Gasteiger charge is 2.26. The molecule has 0 unspecified atom stereocenters. The lowest BCUT2D eigenvalue weighted by atomic mass is 10.1. The van der Waals surface area contributed by atoms with Crippen LogP contribution in [0.15, 0.2) is 41.7 Å². The SMILES string of the molecule is [O-][S+]1CCN(c2nc(N3CCNCC3)nc3c(SCCCc4ccccc4)ncnc23)CC1. The number of nitrogens with zero attached hydrogens (tertiary/aromatic N) is 6. The molecule has 2 aliphatic heterocycles. The molecule has 2 fully saturated rings. The molecule has 0 bridgehead atoms. The molecule has 0 radical (unpaired) electrons. The Morgan fingerprint density at radius 2 is 1.73 bits per heavy atom. The van der Waals surface area contributed by atoms with Crippen LogP contribution < -0.4 is 15.1 Å². The van der Waals surface area contributed by atoms with Gasteiger partial charge in [-0.3, -0.25) is 0 Å². The van der Waals surface area contributed by atoms with Crippen LogP contribution >= 0.6 is 11.8 Å². The van der Waals surface area contributed by atoms with Gasteiger partial charge in [0.1, 0.15) is 33.9 Å². The van der Waals surface area contributed by atoms with Gasteiger partial charge in [0, 0.05) is 26.2 Å². The van der Waals surface area contributed by atoms with E-state index in [1.54, 1.807) is 18.1 Å². The summed E-state index contributed by atoms with van der Waals surface area (Å²) in [6.45, 7) is 5.05. The first-order chi connectivity index (χ1) is 16.3. The van der Waals surface area contributed by atoms with Crippen LogP contribution in [0, 0.1) is 0 Å². The van der Waals surface area contributed by atoms with Crippen LogP contribution in [0.3, 0.4) is 0 Å². The second-order valence-corrected chi connectivity index (χ2v) is 11.0. The molecule has 4 heterocycles. The molecule has 8 nitrogen and oxygen atoms in total. The molecular formula is C23H29N7OS2. The first kappa shape index (κ1) is 22.6. The minimum Gasteiger partial charge on any atom is -0.616 e. The zero-order valence-electron chi connectivity index (χ0n) is 18.7. The number of benzene rings is 1. The Morgan fingerprint density at radius 3 is 2.52 bits per heavy atom. The van der Waals surface area contributed by atoms with E-state index in [4.69, 9.17) is 9.97 Å². The predicted molar refractivity (Wildman–Crippen MR) is 136 cm³/mol. The molecule has 5 rings (SSSR count). The maximum atomic E-state index is 11.9. The summed E-state index contributed by atoms with van der Waals surface area (Å²) in [7, 11) is 0. The summed E-state index contributed by atoms with van der Waals surface area (Å²) in [6.07, 6.45) is 3.75. The molecule has 10 heteroatoms. The van der Waals surface area contributed by atoms with Crippen molar-refractivity contribution >= 4 is 45.7 Å². The molecule has 1 N–H and O–H groups in total. The Hall–Kier alpha value is -2.14. The first-order valence-electron chi connectivity index (χ1n) is 11.5. The average molecular weight is 484 g/mol. The smallest absolute Gasteiger partial charge is 0.228 e. The molecular weight excluding hydrogens is 454 g/mol. The quantitative estimate of drug-likeness (QED) is 0.235. The lowest BCUT2D eigenvalue weighted by molar-refractivity contribution is 0.578. The predicted octanol–water partition coefficient (Wildman–Crippen LogP) is 2.12. The molecule has 0 spiro atoms. The fraction of sp³-hybridized carbons (Fsp3) is 0.478. The van der Waals surface area contributed by atoms with Crippen molar-refractivity contribution in [1.29, 1.82) is 0 Å². The van der Waals surface area contributed by atoms with E-state index in [2.05, 4.69) is 55.4 Å². The minimum atomic E-state index is -0.744. The number of rotatable bonds is 7. The van der Waals surface area contributed by atoms with E-state index in [9.17, 15) is 4.55 Å². The van der Waals surface area contributed by atoms with Crippen LogP contribution in [0.25, 0.3) is 11.0 Å². The topological polar surface area (TPSA) is 93.1 Å². The molecule has 174 valence electrons.